The highest BCUT2D eigenvalue weighted by Crippen LogP contribution is 2.55. The Hall–Kier alpha value is -2.29. The van der Waals surface area contributed by atoms with Gasteiger partial charge in [-0.2, -0.15) is 39.5 Å². The molecule has 0 aliphatic carbocycles. The molecule has 0 spiro atoms. The van der Waals surface area contributed by atoms with Crippen LogP contribution in [-0.4, -0.2) is 58.2 Å². The van der Waals surface area contributed by atoms with Gasteiger partial charge in [0.25, 0.3) is 12.1 Å². The van der Waals surface area contributed by atoms with Gasteiger partial charge < -0.3 is 19.7 Å². The minimum Gasteiger partial charge on any atom is -0.425 e. The zero-order valence-electron chi connectivity index (χ0n) is 15.1. The van der Waals surface area contributed by atoms with E-state index in [1.54, 1.807) is 0 Å². The first-order valence-electron chi connectivity index (χ1n) is 7.39. The molecule has 0 saturated heterocycles. The van der Waals surface area contributed by atoms with E-state index in [0.717, 1.165) is 13.8 Å². The molecule has 0 heterocycles. The molecule has 0 aromatic rings. The summed E-state index contributed by atoms with van der Waals surface area (Å²) in [5, 5.41) is 19.5. The van der Waals surface area contributed by atoms with Crippen molar-refractivity contribution in [1.82, 2.24) is 0 Å². The number of ether oxygens (including phenoxy) is 2. The lowest BCUT2D eigenvalue weighted by atomic mass is 9.96. The predicted octanol–water partition coefficient (Wildman–Crippen LogP) is 3.09. The fourth-order valence-corrected chi connectivity index (χ4v) is 1.55. The molecule has 0 bridgehead atoms. The molecule has 2 atom stereocenters. The van der Waals surface area contributed by atoms with Crippen molar-refractivity contribution in [3.05, 3.63) is 24.3 Å². The van der Waals surface area contributed by atoms with Gasteiger partial charge in [-0.1, -0.05) is 13.2 Å². The van der Waals surface area contributed by atoms with Crippen LogP contribution in [0.15, 0.2) is 24.3 Å². The van der Waals surface area contributed by atoms with Crippen LogP contribution in [0, 0.1) is 0 Å². The summed E-state index contributed by atoms with van der Waals surface area (Å²) in [6.07, 6.45) is -13.8. The summed E-state index contributed by atoms with van der Waals surface area (Å²) in [5.74, 6) is -29.0. The zero-order chi connectivity index (χ0) is 24.5. The van der Waals surface area contributed by atoms with Crippen LogP contribution < -0.4 is 0 Å². The maximum Gasteiger partial charge on any atom is 0.460 e. The highest BCUT2D eigenvalue weighted by atomic mass is 19.4. The Bertz CT molecular complexity index is 716. The lowest BCUT2D eigenvalue weighted by Gasteiger charge is -2.38. The molecule has 0 amide bonds. The number of carbonyl (C=O) groups is 2. The van der Waals surface area contributed by atoms with Crippen molar-refractivity contribution < 1.29 is 68.8 Å². The number of aliphatic hydroxyl groups is 2. The van der Waals surface area contributed by atoms with E-state index in [1.807, 2.05) is 0 Å². The third-order valence-electron chi connectivity index (χ3n) is 3.26. The van der Waals surface area contributed by atoms with Crippen molar-refractivity contribution in [2.45, 2.75) is 56.3 Å². The lowest BCUT2D eigenvalue weighted by molar-refractivity contribution is -0.410. The molecule has 0 fully saturated rings. The van der Waals surface area contributed by atoms with Gasteiger partial charge >= 0.3 is 35.9 Å². The molecule has 2 N–H and O–H groups in total. The van der Waals surface area contributed by atoms with Crippen molar-refractivity contribution in [3.63, 3.8) is 0 Å². The summed E-state index contributed by atoms with van der Waals surface area (Å²) in [7, 11) is 0. The SMILES string of the molecule is C=C(C)C(=O)OC(O)C(O)(CC(F)(F)C(F)(F)C(F)(F)C(F)(F)F)OC(=O)C(=C)C. The average Bonchev–Trinajstić information content (AvgIpc) is 2.52. The van der Waals surface area contributed by atoms with Gasteiger partial charge in [-0.3, -0.25) is 0 Å². The number of hydrogen-bond donors (Lipinski definition) is 2. The first-order valence-corrected chi connectivity index (χ1v) is 7.39. The quantitative estimate of drug-likeness (QED) is 0.237. The highest BCUT2D eigenvalue weighted by Gasteiger charge is 2.82. The molecule has 0 saturated carbocycles. The van der Waals surface area contributed by atoms with Crippen LogP contribution in [0.4, 0.5) is 39.5 Å². The van der Waals surface area contributed by atoms with Crippen molar-refractivity contribution in [2.24, 2.45) is 0 Å². The summed E-state index contributed by atoms with van der Waals surface area (Å²) in [5.41, 5.74) is -1.29. The highest BCUT2D eigenvalue weighted by molar-refractivity contribution is 5.88. The van der Waals surface area contributed by atoms with Gasteiger partial charge in [0.05, 0.1) is 6.42 Å². The second-order valence-electron chi connectivity index (χ2n) is 6.08. The summed E-state index contributed by atoms with van der Waals surface area (Å²) >= 11 is 0. The predicted molar refractivity (Wildman–Crippen MR) is 78.3 cm³/mol. The Morgan fingerprint density at radius 1 is 0.867 bits per heavy atom. The van der Waals surface area contributed by atoms with Gasteiger partial charge in [0.2, 0.25) is 0 Å². The maximum absolute atomic E-state index is 13.9. The number of rotatable bonds is 9. The Morgan fingerprint density at radius 3 is 1.60 bits per heavy atom. The molecule has 6 nitrogen and oxygen atoms in total. The maximum atomic E-state index is 13.9. The second-order valence-corrected chi connectivity index (χ2v) is 6.08. The smallest absolute Gasteiger partial charge is 0.425 e. The summed E-state index contributed by atoms with van der Waals surface area (Å²) in [6.45, 7) is 7.62. The van der Waals surface area contributed by atoms with E-state index < -0.39 is 65.5 Å². The second kappa shape index (κ2) is 8.45. The van der Waals surface area contributed by atoms with Crippen molar-refractivity contribution >= 4 is 11.9 Å². The number of carbonyl (C=O) groups excluding carboxylic acids is 2. The van der Waals surface area contributed by atoms with Crippen LogP contribution in [-0.2, 0) is 19.1 Å². The van der Waals surface area contributed by atoms with Gasteiger partial charge in [-0.15, -0.1) is 0 Å². The molecule has 30 heavy (non-hydrogen) atoms. The average molecular weight is 462 g/mol. The van der Waals surface area contributed by atoms with E-state index in [4.69, 9.17) is 0 Å². The van der Waals surface area contributed by atoms with Gasteiger partial charge in [-0.25, -0.2) is 9.59 Å². The lowest BCUT2D eigenvalue weighted by Crippen LogP contribution is -2.64. The molecule has 0 aliphatic rings. The van der Waals surface area contributed by atoms with Crippen LogP contribution >= 0.6 is 0 Å². The normalized spacial score (nSPS) is 16.3. The minimum atomic E-state index is -7.32. The first kappa shape index (κ1) is 27.7. The summed E-state index contributed by atoms with van der Waals surface area (Å²) in [4.78, 5) is 22.8. The first-order chi connectivity index (χ1) is 13.0. The van der Waals surface area contributed by atoms with Crippen LogP contribution in [0.5, 0.6) is 0 Å². The van der Waals surface area contributed by atoms with E-state index in [9.17, 15) is 59.3 Å². The largest absolute Gasteiger partial charge is 0.460 e. The number of esters is 2. The van der Waals surface area contributed by atoms with Crippen molar-refractivity contribution in [2.75, 3.05) is 0 Å². The minimum absolute atomic E-state index is 0.566. The third-order valence-corrected chi connectivity index (χ3v) is 3.26. The molecule has 2 unspecified atom stereocenters. The summed E-state index contributed by atoms with van der Waals surface area (Å²) in [6, 6.07) is 0. The van der Waals surface area contributed by atoms with Gasteiger partial charge in [0.15, 0.2) is 0 Å². The van der Waals surface area contributed by atoms with Gasteiger partial charge in [0, 0.05) is 11.1 Å². The van der Waals surface area contributed by atoms with Crippen LogP contribution in [0.2, 0.25) is 0 Å². The number of aliphatic hydroxyl groups excluding tert-OH is 1. The van der Waals surface area contributed by atoms with E-state index in [0.29, 0.717) is 0 Å². The molecule has 0 radical (unpaired) electrons. The number of alkyl halides is 9. The fourth-order valence-electron chi connectivity index (χ4n) is 1.55. The Kier molecular flexibility index (Phi) is 7.80. The Morgan fingerprint density at radius 2 is 1.27 bits per heavy atom. The van der Waals surface area contributed by atoms with E-state index >= 15 is 0 Å². The Balaban J connectivity index is 6.26. The Labute approximate surface area is 162 Å². The number of halogens is 9. The molecule has 15 heteroatoms. The number of hydrogen-bond acceptors (Lipinski definition) is 6. The topological polar surface area (TPSA) is 93.1 Å². The van der Waals surface area contributed by atoms with E-state index in [-0.39, 0.29) is 0 Å². The standard InChI is InChI=1S/C15H15F9O6/c1-6(2)8(25)29-10(27)11(28,30-9(26)7(3)4)5-12(16,17)13(18,19)14(20,21)15(22,23)24/h10,27-28H,1,3,5H2,2,4H3. The van der Waals surface area contributed by atoms with Crippen LogP contribution in [0.3, 0.4) is 0 Å². The van der Waals surface area contributed by atoms with Crippen molar-refractivity contribution in [1.29, 1.82) is 0 Å². The summed E-state index contributed by atoms with van der Waals surface area (Å²) < 4.78 is 125. The molecule has 0 aliphatic heterocycles. The third kappa shape index (κ3) is 5.44. The molecule has 0 aromatic carbocycles. The molecule has 0 aromatic heterocycles. The molecular weight excluding hydrogens is 447 g/mol. The molecule has 174 valence electrons. The van der Waals surface area contributed by atoms with Gasteiger partial charge in [0.1, 0.15) is 0 Å². The van der Waals surface area contributed by atoms with Gasteiger partial charge in [-0.05, 0) is 13.8 Å². The monoisotopic (exact) mass is 462 g/mol. The molecule has 0 rings (SSSR count). The van der Waals surface area contributed by atoms with Crippen LogP contribution in [0.1, 0.15) is 20.3 Å². The zero-order valence-corrected chi connectivity index (χ0v) is 15.1. The van der Waals surface area contributed by atoms with Crippen LogP contribution in [0.25, 0.3) is 0 Å². The molecular formula is C15H15F9O6. The van der Waals surface area contributed by atoms with Crippen molar-refractivity contribution in [3.8, 4) is 0 Å². The van der Waals surface area contributed by atoms with E-state index in [1.165, 1.54) is 0 Å². The fraction of sp³-hybridized carbons (Fsp3) is 0.600. The van der Waals surface area contributed by atoms with E-state index in [2.05, 4.69) is 22.6 Å².